The van der Waals surface area contributed by atoms with Gasteiger partial charge in [-0.05, 0) is 0 Å². The number of amides is 1. The first-order chi connectivity index (χ1) is 11.7. The van der Waals surface area contributed by atoms with Gasteiger partial charge in [0.1, 0.15) is 5.75 Å². The molecule has 0 saturated heterocycles. The van der Waals surface area contributed by atoms with Crippen LogP contribution in [0.3, 0.4) is 0 Å². The van der Waals surface area contributed by atoms with Gasteiger partial charge in [-0.2, -0.15) is 0 Å². The Morgan fingerprint density at radius 2 is 1.62 bits per heavy atom. The standard InChI is InChI=1S/C19H13NO3S/c1-23-24-18-13-10-6-5-9-12(13)17(21)14-15(18)19(22)20-16(14)11-7-3-2-4-8-11/h2-10,21H,1H3. The molecule has 1 aliphatic rings. The van der Waals surface area contributed by atoms with Gasteiger partial charge in [0.05, 0.1) is 28.8 Å². The van der Waals surface area contributed by atoms with Crippen molar-refractivity contribution >= 4 is 34.4 Å². The predicted molar refractivity (Wildman–Crippen MR) is 94.9 cm³/mol. The van der Waals surface area contributed by atoms with E-state index >= 15 is 0 Å². The third-order valence-electron chi connectivity index (χ3n) is 4.02. The molecule has 118 valence electrons. The van der Waals surface area contributed by atoms with Crippen LogP contribution in [0.4, 0.5) is 0 Å². The summed E-state index contributed by atoms with van der Waals surface area (Å²) in [5.74, 6) is -0.279. The average Bonchev–Trinajstić information content (AvgIpc) is 2.97. The molecule has 0 atom stereocenters. The highest BCUT2D eigenvalue weighted by Crippen LogP contribution is 2.44. The van der Waals surface area contributed by atoms with Crippen LogP contribution in [0, 0.1) is 0 Å². The summed E-state index contributed by atoms with van der Waals surface area (Å²) in [4.78, 5) is 17.5. The average molecular weight is 335 g/mol. The zero-order valence-corrected chi connectivity index (χ0v) is 13.6. The van der Waals surface area contributed by atoms with E-state index in [1.807, 2.05) is 54.6 Å². The van der Waals surface area contributed by atoms with Crippen LogP contribution in [-0.2, 0) is 4.18 Å². The van der Waals surface area contributed by atoms with Gasteiger partial charge in [-0.15, -0.1) is 0 Å². The zero-order valence-electron chi connectivity index (χ0n) is 12.8. The number of hydrogen-bond donors (Lipinski definition) is 1. The Morgan fingerprint density at radius 1 is 0.958 bits per heavy atom. The van der Waals surface area contributed by atoms with Gasteiger partial charge in [-0.1, -0.05) is 54.6 Å². The Bertz CT molecular complexity index is 996. The molecule has 0 unspecified atom stereocenters. The van der Waals surface area contributed by atoms with E-state index in [1.54, 1.807) is 7.11 Å². The minimum Gasteiger partial charge on any atom is -0.507 e. The summed E-state index contributed by atoms with van der Waals surface area (Å²) in [6.07, 6.45) is 0. The highest BCUT2D eigenvalue weighted by molar-refractivity contribution is 7.95. The first-order valence-corrected chi connectivity index (χ1v) is 8.13. The Labute approximate surface area is 143 Å². The van der Waals surface area contributed by atoms with Crippen LogP contribution in [0.1, 0.15) is 21.5 Å². The highest BCUT2D eigenvalue weighted by atomic mass is 32.2. The fourth-order valence-corrected chi connectivity index (χ4v) is 3.72. The van der Waals surface area contributed by atoms with Gasteiger partial charge in [0, 0.05) is 28.4 Å². The molecule has 3 aromatic rings. The second-order valence-corrected chi connectivity index (χ2v) is 6.26. The molecule has 24 heavy (non-hydrogen) atoms. The molecule has 0 radical (unpaired) electrons. The molecule has 1 amide bonds. The van der Waals surface area contributed by atoms with Gasteiger partial charge in [-0.25, -0.2) is 4.99 Å². The van der Waals surface area contributed by atoms with Crippen LogP contribution < -0.4 is 0 Å². The van der Waals surface area contributed by atoms with E-state index in [-0.39, 0.29) is 11.7 Å². The van der Waals surface area contributed by atoms with Crippen LogP contribution in [0.2, 0.25) is 0 Å². The van der Waals surface area contributed by atoms with Gasteiger partial charge in [-0.3, -0.25) is 4.79 Å². The first-order valence-electron chi connectivity index (χ1n) is 7.39. The number of hydrogen-bond acceptors (Lipinski definition) is 4. The number of phenolic OH excluding ortho intramolecular Hbond substituents is 1. The molecule has 5 heteroatoms. The Balaban J connectivity index is 2.08. The maximum absolute atomic E-state index is 12.6. The predicted octanol–water partition coefficient (Wildman–Crippen LogP) is 4.19. The molecule has 0 aliphatic carbocycles. The van der Waals surface area contributed by atoms with E-state index in [9.17, 15) is 9.90 Å². The molecule has 0 saturated carbocycles. The fourth-order valence-electron chi connectivity index (χ4n) is 3.01. The second-order valence-electron chi connectivity index (χ2n) is 5.35. The summed E-state index contributed by atoms with van der Waals surface area (Å²) in [6, 6.07) is 16.8. The number of carbonyl (C=O) groups is 1. The third kappa shape index (κ3) is 2.13. The van der Waals surface area contributed by atoms with Crippen molar-refractivity contribution in [2.75, 3.05) is 7.11 Å². The maximum atomic E-state index is 12.6. The number of aromatic hydroxyl groups is 1. The number of aliphatic imine (C=N–C) groups is 1. The largest absolute Gasteiger partial charge is 0.507 e. The summed E-state index contributed by atoms with van der Waals surface area (Å²) >= 11 is 1.11. The van der Waals surface area contributed by atoms with Gasteiger partial charge in [0.15, 0.2) is 0 Å². The lowest BCUT2D eigenvalue weighted by atomic mass is 9.94. The topological polar surface area (TPSA) is 58.9 Å². The number of nitrogens with zero attached hydrogens (tertiary/aromatic N) is 1. The minimum atomic E-state index is -0.357. The SMILES string of the molecule is COSc1c2c(c(O)c3ccccc13)C(c1ccccc1)=NC2=O. The molecule has 3 aromatic carbocycles. The van der Waals surface area contributed by atoms with Gasteiger partial charge < -0.3 is 9.29 Å². The van der Waals surface area contributed by atoms with Crippen LogP contribution in [0.15, 0.2) is 64.5 Å². The van der Waals surface area contributed by atoms with E-state index in [1.165, 1.54) is 0 Å². The summed E-state index contributed by atoms with van der Waals surface area (Å²) in [5, 5.41) is 12.3. The van der Waals surface area contributed by atoms with Crippen molar-refractivity contribution in [2.24, 2.45) is 4.99 Å². The Kier molecular flexibility index (Phi) is 3.59. The van der Waals surface area contributed by atoms with Crippen molar-refractivity contribution in [3.63, 3.8) is 0 Å². The highest BCUT2D eigenvalue weighted by Gasteiger charge is 2.33. The van der Waals surface area contributed by atoms with Crippen molar-refractivity contribution < 1.29 is 14.1 Å². The number of rotatable bonds is 3. The lowest BCUT2D eigenvalue weighted by Gasteiger charge is -2.13. The van der Waals surface area contributed by atoms with Crippen LogP contribution in [0.25, 0.3) is 10.8 Å². The van der Waals surface area contributed by atoms with E-state index in [0.29, 0.717) is 27.1 Å². The summed E-state index contributed by atoms with van der Waals surface area (Å²) in [6.45, 7) is 0. The number of carbonyl (C=O) groups excluding carboxylic acids is 1. The van der Waals surface area contributed by atoms with Crippen LogP contribution >= 0.6 is 12.0 Å². The number of fused-ring (bicyclic) bond motifs is 2. The van der Waals surface area contributed by atoms with E-state index in [2.05, 4.69) is 4.99 Å². The summed E-state index contributed by atoms with van der Waals surface area (Å²) < 4.78 is 5.22. The molecule has 0 aromatic heterocycles. The third-order valence-corrected chi connectivity index (χ3v) is 4.78. The van der Waals surface area contributed by atoms with Crippen molar-refractivity contribution in [3.8, 4) is 5.75 Å². The van der Waals surface area contributed by atoms with E-state index < -0.39 is 0 Å². The Hall–Kier alpha value is -2.63. The van der Waals surface area contributed by atoms with Crippen molar-refractivity contribution in [2.45, 2.75) is 4.90 Å². The minimum absolute atomic E-state index is 0.0782. The van der Waals surface area contributed by atoms with Gasteiger partial charge in [0.25, 0.3) is 5.91 Å². The number of phenols is 1. The monoisotopic (exact) mass is 335 g/mol. The van der Waals surface area contributed by atoms with E-state index in [0.717, 1.165) is 23.0 Å². The van der Waals surface area contributed by atoms with Gasteiger partial charge >= 0.3 is 0 Å². The molecule has 4 nitrogen and oxygen atoms in total. The second kappa shape index (κ2) is 5.78. The van der Waals surface area contributed by atoms with Crippen molar-refractivity contribution in [1.82, 2.24) is 0 Å². The van der Waals surface area contributed by atoms with Crippen molar-refractivity contribution in [1.29, 1.82) is 0 Å². The molecule has 0 bridgehead atoms. The zero-order chi connectivity index (χ0) is 16.7. The normalized spacial score (nSPS) is 13.2. The fraction of sp³-hybridized carbons (Fsp3) is 0.0526. The lowest BCUT2D eigenvalue weighted by Crippen LogP contribution is -2.03. The van der Waals surface area contributed by atoms with Crippen molar-refractivity contribution in [3.05, 3.63) is 71.3 Å². The summed E-state index contributed by atoms with van der Waals surface area (Å²) in [7, 11) is 1.55. The van der Waals surface area contributed by atoms with Crippen LogP contribution in [-0.4, -0.2) is 23.8 Å². The molecule has 4 rings (SSSR count). The van der Waals surface area contributed by atoms with E-state index in [4.69, 9.17) is 4.18 Å². The molecular weight excluding hydrogens is 322 g/mol. The van der Waals surface area contributed by atoms with Crippen LogP contribution in [0.5, 0.6) is 5.75 Å². The van der Waals surface area contributed by atoms with Gasteiger partial charge in [0.2, 0.25) is 0 Å². The quantitative estimate of drug-likeness (QED) is 0.729. The molecular formula is C19H13NO3S. The molecule has 0 spiro atoms. The lowest BCUT2D eigenvalue weighted by molar-refractivity contribution is 0.100. The summed E-state index contributed by atoms with van der Waals surface area (Å²) in [5.41, 5.74) is 2.17. The molecule has 0 fully saturated rings. The molecule has 1 heterocycles. The molecule has 1 N–H and O–H groups in total. The first kappa shape index (κ1) is 14.9. The number of benzene rings is 3. The molecule has 1 aliphatic heterocycles. The smallest absolute Gasteiger partial charge is 0.279 e. The Morgan fingerprint density at radius 3 is 2.33 bits per heavy atom. The maximum Gasteiger partial charge on any atom is 0.279 e.